The van der Waals surface area contributed by atoms with Crippen molar-refractivity contribution in [2.24, 2.45) is 0 Å². The molecule has 3 aromatic carbocycles. The fourth-order valence-corrected chi connectivity index (χ4v) is 4.25. The van der Waals surface area contributed by atoms with Crippen molar-refractivity contribution in [3.8, 4) is 0 Å². The van der Waals surface area contributed by atoms with Crippen LogP contribution in [0.2, 0.25) is 0 Å². The second kappa shape index (κ2) is 19.6. The molecule has 3 rings (SSSR count). The molecule has 49 heavy (non-hydrogen) atoms. The first-order chi connectivity index (χ1) is 22.3. The van der Waals surface area contributed by atoms with Gasteiger partial charge in [-0.3, -0.25) is 44.7 Å². The van der Waals surface area contributed by atoms with E-state index in [9.17, 15) is 60.0 Å². The molecule has 0 atom stereocenters. The molecular weight excluding hydrogens is 686 g/mol. The predicted octanol–water partition coefficient (Wildman–Crippen LogP) is 7.42. The van der Waals surface area contributed by atoms with Gasteiger partial charge in [0.1, 0.15) is 17.3 Å². The third-order valence-corrected chi connectivity index (χ3v) is 6.24. The van der Waals surface area contributed by atoms with E-state index in [1.807, 2.05) is 0 Å². The van der Waals surface area contributed by atoms with Crippen LogP contribution in [0.25, 0.3) is 16.7 Å². The standard InChI is InChI=1S/3C11H11NO4.Fe/c3*1-7(13)11(8(2)14)9-3-5-10(6-4-9)12(15)16;/h3*3-6,13H,1-2H3;/b3*11-7+;. The maximum absolute atomic E-state index is 11.3. The average Bonchev–Trinajstić information content (AvgIpc) is 2.97. The van der Waals surface area contributed by atoms with Gasteiger partial charge in [-0.25, -0.2) is 0 Å². The van der Waals surface area contributed by atoms with Crippen LogP contribution in [0.1, 0.15) is 58.2 Å². The van der Waals surface area contributed by atoms with Crippen LogP contribution in [0.15, 0.2) is 90.1 Å². The summed E-state index contributed by atoms with van der Waals surface area (Å²) in [5.41, 5.74) is 1.78. The molecular formula is C33H33FeN3O12. The first kappa shape index (κ1) is 43.0. The molecule has 260 valence electrons. The molecule has 3 aromatic rings. The molecule has 0 radical (unpaired) electrons. The zero-order valence-corrected chi connectivity index (χ0v) is 28.2. The number of Topliss-reactive ketones (excluding diaryl/α,β-unsaturated/α-hetero) is 3. The molecule has 15 nitrogen and oxygen atoms in total. The Morgan fingerprint density at radius 2 is 0.592 bits per heavy atom. The van der Waals surface area contributed by atoms with E-state index in [0.717, 1.165) is 0 Å². The van der Waals surface area contributed by atoms with E-state index >= 15 is 0 Å². The fourth-order valence-electron chi connectivity index (χ4n) is 4.25. The summed E-state index contributed by atoms with van der Waals surface area (Å²) in [7, 11) is 0. The zero-order valence-electron chi connectivity index (χ0n) is 27.1. The molecule has 0 spiro atoms. The molecule has 0 bridgehead atoms. The number of aliphatic hydroxyl groups excluding tert-OH is 3. The summed E-state index contributed by atoms with van der Waals surface area (Å²) < 4.78 is 0. The van der Waals surface area contributed by atoms with Crippen LogP contribution in [-0.4, -0.2) is 47.4 Å². The van der Waals surface area contributed by atoms with Crippen LogP contribution >= 0.6 is 0 Å². The Morgan fingerprint density at radius 3 is 0.694 bits per heavy atom. The number of non-ortho nitro benzene ring substituents is 3. The molecule has 0 saturated carbocycles. The van der Waals surface area contributed by atoms with Gasteiger partial charge in [-0.15, -0.1) is 0 Å². The summed E-state index contributed by atoms with van der Waals surface area (Å²) in [6.07, 6.45) is 0. The third kappa shape index (κ3) is 13.0. The van der Waals surface area contributed by atoms with Crippen LogP contribution in [0.5, 0.6) is 0 Å². The summed E-state index contributed by atoms with van der Waals surface area (Å²) in [4.78, 5) is 63.5. The van der Waals surface area contributed by atoms with E-state index in [-0.39, 0.29) is 85.5 Å². The van der Waals surface area contributed by atoms with E-state index in [4.69, 9.17) is 0 Å². The zero-order chi connectivity index (χ0) is 36.9. The summed E-state index contributed by atoms with van der Waals surface area (Å²) in [5, 5.41) is 59.3. The van der Waals surface area contributed by atoms with Gasteiger partial charge in [0.25, 0.3) is 17.1 Å². The quantitative estimate of drug-likeness (QED) is 0.0643. The fraction of sp³-hybridized carbons (Fsp3) is 0.182. The molecule has 0 aliphatic rings. The van der Waals surface area contributed by atoms with Crippen molar-refractivity contribution >= 4 is 51.1 Å². The Morgan fingerprint density at radius 1 is 0.429 bits per heavy atom. The molecule has 0 aliphatic heterocycles. The second-order valence-electron chi connectivity index (χ2n) is 9.96. The van der Waals surface area contributed by atoms with Crippen molar-refractivity contribution in [1.29, 1.82) is 0 Å². The molecule has 3 N–H and O–H groups in total. The van der Waals surface area contributed by atoms with Gasteiger partial charge < -0.3 is 15.3 Å². The first-order valence-corrected chi connectivity index (χ1v) is 13.8. The van der Waals surface area contributed by atoms with Gasteiger partial charge in [-0.2, -0.15) is 0 Å². The summed E-state index contributed by atoms with van der Waals surface area (Å²) in [5.74, 6) is -1.14. The number of carbonyl (C=O) groups excluding carboxylic acids is 3. The van der Waals surface area contributed by atoms with Crippen molar-refractivity contribution < 1.29 is 61.5 Å². The Kier molecular flexibility index (Phi) is 17.2. The van der Waals surface area contributed by atoms with E-state index in [2.05, 4.69) is 0 Å². The maximum Gasteiger partial charge on any atom is 0.269 e. The van der Waals surface area contributed by atoms with Crippen molar-refractivity contribution in [2.75, 3.05) is 0 Å². The minimum Gasteiger partial charge on any atom is -0.512 e. The Bertz CT molecular complexity index is 1590. The van der Waals surface area contributed by atoms with Crippen LogP contribution in [0.3, 0.4) is 0 Å². The number of benzene rings is 3. The maximum atomic E-state index is 11.3. The van der Waals surface area contributed by atoms with Gasteiger partial charge in [0.05, 0.1) is 31.5 Å². The molecule has 0 saturated heterocycles. The summed E-state index contributed by atoms with van der Waals surface area (Å²) in [6.45, 7) is 8.19. The van der Waals surface area contributed by atoms with Gasteiger partial charge in [0, 0.05) is 53.5 Å². The number of allylic oxidation sites excluding steroid dienone is 6. The van der Waals surface area contributed by atoms with E-state index in [0.29, 0.717) is 16.7 Å². The molecule has 0 amide bonds. The van der Waals surface area contributed by atoms with Gasteiger partial charge in [-0.1, -0.05) is 0 Å². The molecule has 0 fully saturated rings. The first-order valence-electron chi connectivity index (χ1n) is 13.8. The molecule has 0 unspecified atom stereocenters. The number of carbonyl (C=O) groups is 3. The summed E-state index contributed by atoms with van der Waals surface area (Å²) >= 11 is 0. The number of nitro benzene ring substituents is 3. The Labute approximate surface area is 290 Å². The molecule has 0 aliphatic carbocycles. The Balaban J connectivity index is 0.000000698. The number of nitrogens with zero attached hydrogens (tertiary/aromatic N) is 3. The van der Waals surface area contributed by atoms with Crippen LogP contribution < -0.4 is 0 Å². The SMILES string of the molecule is CC(=O)/C(=C(/C)O)c1ccc([N+](=O)[O-])cc1.CC(=O)/C(=C(/C)O)c1ccc([N+](=O)[O-])cc1.CC(=O)/C(=C(/C)O)c1ccc([N+](=O)[O-])cc1.[Fe]. The minimum absolute atomic E-state index is 0. The summed E-state index contributed by atoms with van der Waals surface area (Å²) in [6, 6.07) is 16.4. The average molecular weight is 719 g/mol. The Hall–Kier alpha value is -5.99. The topological polar surface area (TPSA) is 241 Å². The van der Waals surface area contributed by atoms with Crippen LogP contribution in [0.4, 0.5) is 17.1 Å². The third-order valence-electron chi connectivity index (χ3n) is 6.24. The minimum atomic E-state index is -0.521. The van der Waals surface area contributed by atoms with Crippen molar-refractivity contribution in [1.82, 2.24) is 0 Å². The van der Waals surface area contributed by atoms with Crippen LogP contribution in [0, 0.1) is 30.3 Å². The second-order valence-corrected chi connectivity index (χ2v) is 9.96. The van der Waals surface area contributed by atoms with Gasteiger partial charge in [-0.05, 0) is 94.6 Å². The number of nitro groups is 3. The van der Waals surface area contributed by atoms with E-state index in [1.165, 1.54) is 114 Å². The smallest absolute Gasteiger partial charge is 0.269 e. The molecule has 16 heteroatoms. The van der Waals surface area contributed by atoms with Gasteiger partial charge in [0.2, 0.25) is 0 Å². The van der Waals surface area contributed by atoms with E-state index in [1.54, 1.807) is 0 Å². The normalized spacial score (nSPS) is 11.6. The number of hydrogen-bond donors (Lipinski definition) is 3. The van der Waals surface area contributed by atoms with Crippen molar-refractivity contribution in [3.63, 3.8) is 0 Å². The largest absolute Gasteiger partial charge is 0.512 e. The van der Waals surface area contributed by atoms with Crippen molar-refractivity contribution in [2.45, 2.75) is 41.5 Å². The predicted molar refractivity (Wildman–Crippen MR) is 177 cm³/mol. The molecule has 0 heterocycles. The number of rotatable bonds is 9. The number of hydrogen-bond acceptors (Lipinski definition) is 12. The number of aliphatic hydroxyl groups is 3. The van der Waals surface area contributed by atoms with Gasteiger partial charge >= 0.3 is 0 Å². The molecule has 0 aromatic heterocycles. The van der Waals surface area contributed by atoms with Crippen LogP contribution in [-0.2, 0) is 31.5 Å². The van der Waals surface area contributed by atoms with Crippen molar-refractivity contribution in [3.05, 3.63) is 137 Å². The number of ketones is 3. The monoisotopic (exact) mass is 719 g/mol. The van der Waals surface area contributed by atoms with E-state index < -0.39 is 14.8 Å². The van der Waals surface area contributed by atoms with Gasteiger partial charge in [0.15, 0.2) is 17.3 Å².